The molecular formula is C23H24O3. The summed E-state index contributed by atoms with van der Waals surface area (Å²) >= 11 is 0. The number of benzene rings is 2. The molecule has 0 radical (unpaired) electrons. The molecule has 0 amide bonds. The smallest absolute Gasteiger partial charge is 0.185 e. The van der Waals surface area contributed by atoms with E-state index in [1.807, 2.05) is 74.5 Å². The predicted molar refractivity (Wildman–Crippen MR) is 105 cm³/mol. The number of ether oxygens (including phenoxy) is 2. The number of hydrogen-bond acceptors (Lipinski definition) is 3. The van der Waals surface area contributed by atoms with Gasteiger partial charge in [0.2, 0.25) is 0 Å². The van der Waals surface area contributed by atoms with Crippen molar-refractivity contribution in [3.05, 3.63) is 70.8 Å². The van der Waals surface area contributed by atoms with Gasteiger partial charge < -0.3 is 9.47 Å². The van der Waals surface area contributed by atoms with Crippen LogP contribution in [-0.2, 0) is 4.79 Å². The molecule has 0 heterocycles. The monoisotopic (exact) mass is 348 g/mol. The van der Waals surface area contributed by atoms with Crippen LogP contribution in [-0.4, -0.2) is 19.0 Å². The lowest BCUT2D eigenvalue weighted by atomic mass is 10.1. The highest BCUT2D eigenvalue weighted by Gasteiger charge is 2.22. The zero-order valence-corrected chi connectivity index (χ0v) is 15.3. The first kappa shape index (κ1) is 18.0. The van der Waals surface area contributed by atoms with Crippen molar-refractivity contribution in [3.63, 3.8) is 0 Å². The zero-order valence-electron chi connectivity index (χ0n) is 15.3. The van der Waals surface area contributed by atoms with Gasteiger partial charge in [0.25, 0.3) is 0 Å². The largest absolute Gasteiger partial charge is 0.494 e. The first-order valence-corrected chi connectivity index (χ1v) is 9.11. The van der Waals surface area contributed by atoms with E-state index in [0.29, 0.717) is 13.2 Å². The Bertz CT molecular complexity index is 742. The highest BCUT2D eigenvalue weighted by Crippen LogP contribution is 2.30. The van der Waals surface area contributed by atoms with Gasteiger partial charge in [-0.3, -0.25) is 4.79 Å². The molecule has 3 rings (SSSR count). The maximum atomic E-state index is 12.7. The standard InChI is InChI=1S/C23H24O3/c1-3-25-21-11-5-17(6-12-21)15-19-9-10-20(23(19)24)16-18-7-13-22(14-8-18)26-4-2/h5-8,11-16H,3-4,9-10H2,1-2H3/b19-15-,20-16+. The Morgan fingerprint density at radius 3 is 1.46 bits per heavy atom. The van der Waals surface area contributed by atoms with Crippen LogP contribution in [0.25, 0.3) is 12.2 Å². The van der Waals surface area contributed by atoms with Crippen molar-refractivity contribution in [3.8, 4) is 11.5 Å². The minimum Gasteiger partial charge on any atom is -0.494 e. The first-order chi connectivity index (χ1) is 12.7. The molecule has 0 aliphatic heterocycles. The number of ketones is 1. The molecule has 134 valence electrons. The molecular weight excluding hydrogens is 324 g/mol. The molecule has 1 aliphatic rings. The van der Waals surface area contributed by atoms with Gasteiger partial charge in [0.15, 0.2) is 5.78 Å². The minimum absolute atomic E-state index is 0.146. The Hall–Kier alpha value is -2.81. The molecule has 1 saturated carbocycles. The average Bonchev–Trinajstić information content (AvgIpc) is 2.99. The van der Waals surface area contributed by atoms with E-state index in [0.717, 1.165) is 46.6 Å². The molecule has 0 saturated heterocycles. The lowest BCUT2D eigenvalue weighted by molar-refractivity contribution is -0.111. The van der Waals surface area contributed by atoms with Gasteiger partial charge in [0, 0.05) is 11.1 Å². The Kier molecular flexibility index (Phi) is 5.90. The second kappa shape index (κ2) is 8.52. The number of hydrogen-bond donors (Lipinski definition) is 0. The summed E-state index contributed by atoms with van der Waals surface area (Å²) in [5.41, 5.74) is 3.79. The van der Waals surface area contributed by atoms with Crippen molar-refractivity contribution in [2.45, 2.75) is 26.7 Å². The van der Waals surface area contributed by atoms with Gasteiger partial charge in [0.1, 0.15) is 11.5 Å². The summed E-state index contributed by atoms with van der Waals surface area (Å²) < 4.78 is 10.9. The van der Waals surface area contributed by atoms with E-state index >= 15 is 0 Å². The van der Waals surface area contributed by atoms with E-state index in [4.69, 9.17) is 9.47 Å². The first-order valence-electron chi connectivity index (χ1n) is 9.11. The highest BCUT2D eigenvalue weighted by atomic mass is 16.5. The lowest BCUT2D eigenvalue weighted by Gasteiger charge is -2.03. The third kappa shape index (κ3) is 4.42. The third-order valence-corrected chi connectivity index (χ3v) is 4.31. The van der Waals surface area contributed by atoms with Gasteiger partial charge >= 0.3 is 0 Å². The summed E-state index contributed by atoms with van der Waals surface area (Å²) in [6.45, 7) is 5.23. The summed E-state index contributed by atoms with van der Waals surface area (Å²) in [7, 11) is 0. The molecule has 3 nitrogen and oxygen atoms in total. The second-order valence-electron chi connectivity index (χ2n) is 6.17. The van der Waals surface area contributed by atoms with Crippen LogP contribution in [0.5, 0.6) is 11.5 Å². The average molecular weight is 348 g/mol. The quantitative estimate of drug-likeness (QED) is 0.663. The highest BCUT2D eigenvalue weighted by molar-refractivity contribution is 6.15. The molecule has 0 spiro atoms. The molecule has 26 heavy (non-hydrogen) atoms. The van der Waals surface area contributed by atoms with E-state index in [-0.39, 0.29) is 5.78 Å². The Balaban J connectivity index is 1.72. The number of rotatable bonds is 6. The molecule has 0 N–H and O–H groups in total. The van der Waals surface area contributed by atoms with Crippen LogP contribution in [0, 0.1) is 0 Å². The molecule has 2 aromatic rings. The predicted octanol–water partition coefficient (Wildman–Crippen LogP) is 5.31. The topological polar surface area (TPSA) is 35.5 Å². The van der Waals surface area contributed by atoms with E-state index in [2.05, 4.69) is 0 Å². The molecule has 2 aromatic carbocycles. The van der Waals surface area contributed by atoms with Crippen LogP contribution in [0.15, 0.2) is 59.7 Å². The van der Waals surface area contributed by atoms with Gasteiger partial charge in [-0.15, -0.1) is 0 Å². The second-order valence-corrected chi connectivity index (χ2v) is 6.17. The maximum absolute atomic E-state index is 12.7. The fraction of sp³-hybridized carbons (Fsp3) is 0.261. The summed E-state index contributed by atoms with van der Waals surface area (Å²) in [5, 5.41) is 0. The van der Waals surface area contributed by atoms with Crippen LogP contribution in [0.2, 0.25) is 0 Å². The van der Waals surface area contributed by atoms with Crippen LogP contribution in [0.1, 0.15) is 37.8 Å². The van der Waals surface area contributed by atoms with Crippen LogP contribution >= 0.6 is 0 Å². The van der Waals surface area contributed by atoms with E-state index in [9.17, 15) is 4.79 Å². The fourth-order valence-electron chi connectivity index (χ4n) is 3.03. The van der Waals surface area contributed by atoms with Crippen LogP contribution in [0.4, 0.5) is 0 Å². The number of Topliss-reactive ketones (excluding diaryl/α,β-unsaturated/α-hetero) is 1. The third-order valence-electron chi connectivity index (χ3n) is 4.31. The Labute approximate surface area is 155 Å². The number of carbonyl (C=O) groups is 1. The normalized spacial score (nSPS) is 17.1. The van der Waals surface area contributed by atoms with Crippen LogP contribution < -0.4 is 9.47 Å². The molecule has 0 aromatic heterocycles. The SMILES string of the molecule is CCOc1ccc(/C=C2/CC/C(=C\c3ccc(OCC)cc3)C2=O)cc1. The maximum Gasteiger partial charge on any atom is 0.185 e. The molecule has 1 fully saturated rings. The summed E-state index contributed by atoms with van der Waals surface area (Å²) in [4.78, 5) is 12.7. The summed E-state index contributed by atoms with van der Waals surface area (Å²) in [6.07, 6.45) is 5.54. The zero-order chi connectivity index (χ0) is 18.4. The molecule has 0 unspecified atom stereocenters. The van der Waals surface area contributed by atoms with Crippen molar-refractivity contribution in [2.75, 3.05) is 13.2 Å². The molecule has 1 aliphatic carbocycles. The fourth-order valence-corrected chi connectivity index (χ4v) is 3.03. The van der Waals surface area contributed by atoms with E-state index < -0.39 is 0 Å². The van der Waals surface area contributed by atoms with E-state index in [1.165, 1.54) is 0 Å². The number of allylic oxidation sites excluding steroid dienone is 2. The van der Waals surface area contributed by atoms with Crippen LogP contribution in [0.3, 0.4) is 0 Å². The summed E-state index contributed by atoms with van der Waals surface area (Å²) in [6, 6.07) is 15.7. The summed E-state index contributed by atoms with van der Waals surface area (Å²) in [5.74, 6) is 1.85. The van der Waals surface area contributed by atoms with Gasteiger partial charge in [-0.1, -0.05) is 24.3 Å². The molecule has 3 heteroatoms. The van der Waals surface area contributed by atoms with Gasteiger partial charge in [-0.2, -0.15) is 0 Å². The molecule has 0 atom stereocenters. The number of carbonyl (C=O) groups excluding carboxylic acids is 1. The lowest BCUT2D eigenvalue weighted by Crippen LogP contribution is -1.96. The Morgan fingerprint density at radius 2 is 1.12 bits per heavy atom. The Morgan fingerprint density at radius 1 is 0.731 bits per heavy atom. The van der Waals surface area contributed by atoms with E-state index in [1.54, 1.807) is 0 Å². The van der Waals surface area contributed by atoms with Gasteiger partial charge in [-0.05, 0) is 74.2 Å². The van der Waals surface area contributed by atoms with Crippen molar-refractivity contribution < 1.29 is 14.3 Å². The van der Waals surface area contributed by atoms with Crippen molar-refractivity contribution in [1.82, 2.24) is 0 Å². The molecule has 0 bridgehead atoms. The minimum atomic E-state index is 0.146. The van der Waals surface area contributed by atoms with Gasteiger partial charge in [-0.25, -0.2) is 0 Å². The van der Waals surface area contributed by atoms with Crippen molar-refractivity contribution in [2.24, 2.45) is 0 Å². The van der Waals surface area contributed by atoms with Gasteiger partial charge in [0.05, 0.1) is 13.2 Å². The van der Waals surface area contributed by atoms with Crippen molar-refractivity contribution in [1.29, 1.82) is 0 Å². The van der Waals surface area contributed by atoms with Crippen molar-refractivity contribution >= 4 is 17.9 Å².